The van der Waals surface area contributed by atoms with Gasteiger partial charge in [0.15, 0.2) is 0 Å². The Morgan fingerprint density at radius 2 is 2.33 bits per heavy atom. The number of hydrogen-bond donors (Lipinski definition) is 1. The van der Waals surface area contributed by atoms with Crippen LogP contribution in [0.4, 0.5) is 4.39 Å². The molecule has 2 rings (SSSR count). The highest BCUT2D eigenvalue weighted by molar-refractivity contribution is 7.05. The van der Waals surface area contributed by atoms with Crippen LogP contribution in [0.15, 0.2) is 30.5 Å². The molecular formula is C10H10FN3S. The predicted octanol–water partition coefficient (Wildman–Crippen LogP) is 1.92. The topological polar surface area (TPSA) is 51.8 Å². The van der Waals surface area contributed by atoms with E-state index in [1.165, 1.54) is 23.7 Å². The third-order valence-corrected chi connectivity index (χ3v) is 2.88. The molecule has 0 saturated carbocycles. The minimum Gasteiger partial charge on any atom is -0.323 e. The standard InChI is InChI=1S/C10H10FN3S/c11-8-3-1-2-7(4-8)5-9(12)10-6-13-14-15-10/h1-4,6,9H,5,12H2. The van der Waals surface area contributed by atoms with Crippen molar-refractivity contribution in [3.63, 3.8) is 0 Å². The lowest BCUT2D eigenvalue weighted by molar-refractivity contribution is 0.622. The van der Waals surface area contributed by atoms with Crippen LogP contribution in [0.3, 0.4) is 0 Å². The molecular weight excluding hydrogens is 213 g/mol. The van der Waals surface area contributed by atoms with Gasteiger partial charge in [-0.15, -0.1) is 5.10 Å². The molecule has 1 aromatic heterocycles. The molecule has 0 amide bonds. The van der Waals surface area contributed by atoms with Gasteiger partial charge in [-0.1, -0.05) is 16.6 Å². The summed E-state index contributed by atoms with van der Waals surface area (Å²) < 4.78 is 16.6. The number of halogens is 1. The largest absolute Gasteiger partial charge is 0.323 e. The van der Waals surface area contributed by atoms with Crippen LogP contribution >= 0.6 is 11.5 Å². The minimum absolute atomic E-state index is 0.160. The molecule has 0 bridgehead atoms. The number of aromatic nitrogens is 2. The second-order valence-corrected chi connectivity index (χ2v) is 4.08. The van der Waals surface area contributed by atoms with E-state index in [-0.39, 0.29) is 11.9 Å². The summed E-state index contributed by atoms with van der Waals surface area (Å²) >= 11 is 1.27. The number of benzene rings is 1. The summed E-state index contributed by atoms with van der Waals surface area (Å²) in [5, 5.41) is 3.72. The lowest BCUT2D eigenvalue weighted by Gasteiger charge is -2.07. The molecule has 15 heavy (non-hydrogen) atoms. The van der Waals surface area contributed by atoms with Gasteiger partial charge < -0.3 is 5.73 Å². The van der Waals surface area contributed by atoms with E-state index in [9.17, 15) is 4.39 Å². The zero-order valence-electron chi connectivity index (χ0n) is 7.93. The van der Waals surface area contributed by atoms with Gasteiger partial charge in [-0.2, -0.15) is 0 Å². The van der Waals surface area contributed by atoms with E-state index < -0.39 is 0 Å². The summed E-state index contributed by atoms with van der Waals surface area (Å²) in [6.45, 7) is 0. The second-order valence-electron chi connectivity index (χ2n) is 3.26. The smallest absolute Gasteiger partial charge is 0.123 e. The molecule has 2 N–H and O–H groups in total. The van der Waals surface area contributed by atoms with Gasteiger partial charge in [0.25, 0.3) is 0 Å². The van der Waals surface area contributed by atoms with Crippen LogP contribution in [0.5, 0.6) is 0 Å². The summed E-state index contributed by atoms with van der Waals surface area (Å²) in [4.78, 5) is 0.916. The Bertz CT molecular complexity index is 430. The molecule has 1 atom stereocenters. The maximum atomic E-state index is 12.9. The number of hydrogen-bond acceptors (Lipinski definition) is 4. The average molecular weight is 223 g/mol. The molecule has 0 fully saturated rings. The molecule has 0 radical (unpaired) electrons. The highest BCUT2D eigenvalue weighted by atomic mass is 32.1. The van der Waals surface area contributed by atoms with Crippen LogP contribution in [-0.2, 0) is 6.42 Å². The van der Waals surface area contributed by atoms with Gasteiger partial charge in [0.05, 0.1) is 11.1 Å². The second kappa shape index (κ2) is 4.46. The van der Waals surface area contributed by atoms with E-state index >= 15 is 0 Å². The SMILES string of the molecule is NC(Cc1cccc(F)c1)c1cnns1. The Labute approximate surface area is 90.9 Å². The van der Waals surface area contributed by atoms with Gasteiger partial charge in [-0.05, 0) is 35.6 Å². The van der Waals surface area contributed by atoms with Crippen molar-refractivity contribution in [1.29, 1.82) is 0 Å². The lowest BCUT2D eigenvalue weighted by Crippen LogP contribution is -2.11. The Morgan fingerprint density at radius 1 is 1.47 bits per heavy atom. The molecule has 1 heterocycles. The monoisotopic (exact) mass is 223 g/mol. The molecule has 2 aromatic rings. The third-order valence-electron chi connectivity index (χ3n) is 2.09. The Kier molecular flexibility index (Phi) is 3.03. The van der Waals surface area contributed by atoms with Gasteiger partial charge in [-0.25, -0.2) is 4.39 Å². The maximum Gasteiger partial charge on any atom is 0.123 e. The summed E-state index contributed by atoms with van der Waals surface area (Å²) in [5.41, 5.74) is 6.81. The summed E-state index contributed by atoms with van der Waals surface area (Å²) in [6.07, 6.45) is 2.25. The zero-order valence-corrected chi connectivity index (χ0v) is 8.75. The van der Waals surface area contributed by atoms with Gasteiger partial charge in [-0.3, -0.25) is 0 Å². The van der Waals surface area contributed by atoms with E-state index in [2.05, 4.69) is 9.59 Å². The molecule has 5 heteroatoms. The van der Waals surface area contributed by atoms with Crippen LogP contribution in [0, 0.1) is 5.82 Å². The summed E-state index contributed by atoms with van der Waals surface area (Å²) in [7, 11) is 0. The zero-order chi connectivity index (χ0) is 10.7. The molecule has 3 nitrogen and oxygen atoms in total. The normalized spacial score (nSPS) is 12.7. The molecule has 0 saturated heterocycles. The fourth-order valence-electron chi connectivity index (χ4n) is 1.36. The van der Waals surface area contributed by atoms with Crippen molar-refractivity contribution in [1.82, 2.24) is 9.59 Å². The van der Waals surface area contributed by atoms with Gasteiger partial charge in [0.2, 0.25) is 0 Å². The van der Waals surface area contributed by atoms with Gasteiger partial charge in [0.1, 0.15) is 5.82 Å². The highest BCUT2D eigenvalue weighted by Crippen LogP contribution is 2.18. The van der Waals surface area contributed by atoms with Gasteiger partial charge >= 0.3 is 0 Å². The molecule has 0 aliphatic heterocycles. The maximum absolute atomic E-state index is 12.9. The van der Waals surface area contributed by atoms with Crippen LogP contribution in [0.1, 0.15) is 16.5 Å². The minimum atomic E-state index is -0.234. The first-order valence-corrected chi connectivity index (χ1v) is 5.30. The first-order chi connectivity index (χ1) is 7.25. The fourth-order valence-corrected chi connectivity index (χ4v) is 1.86. The van der Waals surface area contributed by atoms with Crippen molar-refractivity contribution in [2.45, 2.75) is 12.5 Å². The highest BCUT2D eigenvalue weighted by Gasteiger charge is 2.09. The van der Waals surface area contributed by atoms with E-state index in [0.717, 1.165) is 10.4 Å². The summed E-state index contributed by atoms with van der Waals surface area (Å²) in [5.74, 6) is -0.234. The van der Waals surface area contributed by atoms with Gasteiger partial charge in [0, 0.05) is 6.04 Å². The van der Waals surface area contributed by atoms with E-state index in [4.69, 9.17) is 5.73 Å². The van der Waals surface area contributed by atoms with Crippen molar-refractivity contribution in [3.05, 3.63) is 46.7 Å². The van der Waals surface area contributed by atoms with Crippen molar-refractivity contribution in [2.24, 2.45) is 5.73 Å². The van der Waals surface area contributed by atoms with Crippen molar-refractivity contribution in [2.75, 3.05) is 0 Å². The molecule has 78 valence electrons. The van der Waals surface area contributed by atoms with Crippen molar-refractivity contribution >= 4 is 11.5 Å². The van der Waals surface area contributed by atoms with Crippen LogP contribution in [0.2, 0.25) is 0 Å². The molecule has 0 aliphatic rings. The van der Waals surface area contributed by atoms with Crippen molar-refractivity contribution in [3.8, 4) is 0 Å². The molecule has 0 spiro atoms. The van der Waals surface area contributed by atoms with Crippen LogP contribution < -0.4 is 5.73 Å². The molecule has 1 unspecified atom stereocenters. The van der Waals surface area contributed by atoms with E-state index in [0.29, 0.717) is 6.42 Å². The summed E-state index contributed by atoms with van der Waals surface area (Å²) in [6, 6.07) is 6.30. The first-order valence-electron chi connectivity index (χ1n) is 4.53. The van der Waals surface area contributed by atoms with Crippen LogP contribution in [-0.4, -0.2) is 9.59 Å². The molecule has 1 aromatic carbocycles. The molecule has 0 aliphatic carbocycles. The Hall–Kier alpha value is -1.33. The average Bonchev–Trinajstić information content (AvgIpc) is 2.70. The van der Waals surface area contributed by atoms with E-state index in [1.54, 1.807) is 12.3 Å². The predicted molar refractivity (Wildman–Crippen MR) is 56.9 cm³/mol. The Balaban J connectivity index is 2.09. The first kappa shape index (κ1) is 10.2. The Morgan fingerprint density at radius 3 is 3.00 bits per heavy atom. The fraction of sp³-hybridized carbons (Fsp3) is 0.200. The van der Waals surface area contributed by atoms with E-state index in [1.807, 2.05) is 6.07 Å². The quantitative estimate of drug-likeness (QED) is 0.864. The number of nitrogens with two attached hydrogens (primary N) is 1. The van der Waals surface area contributed by atoms with Crippen LogP contribution in [0.25, 0.3) is 0 Å². The van der Waals surface area contributed by atoms with Crippen molar-refractivity contribution < 1.29 is 4.39 Å². The lowest BCUT2D eigenvalue weighted by atomic mass is 10.1. The third kappa shape index (κ3) is 2.57. The number of rotatable bonds is 3. The number of nitrogens with zero attached hydrogens (tertiary/aromatic N) is 2.